The Hall–Kier alpha value is -1.58. The molecule has 0 saturated heterocycles. The van der Waals surface area contributed by atoms with Gasteiger partial charge in [0.1, 0.15) is 0 Å². The van der Waals surface area contributed by atoms with E-state index in [1.54, 1.807) is 4.68 Å². The van der Waals surface area contributed by atoms with E-state index < -0.39 is 5.97 Å². The lowest BCUT2D eigenvalue weighted by molar-refractivity contribution is -0.132. The van der Waals surface area contributed by atoms with Gasteiger partial charge in [-0.1, -0.05) is 20.4 Å². The molecule has 4 nitrogen and oxygen atoms in total. The number of nitrogens with zero attached hydrogens (tertiary/aromatic N) is 2. The number of carboxylic acids is 1. The van der Waals surface area contributed by atoms with E-state index in [0.717, 1.165) is 24.2 Å². The van der Waals surface area contributed by atoms with Gasteiger partial charge in [-0.3, -0.25) is 4.68 Å². The van der Waals surface area contributed by atoms with Crippen LogP contribution in [0, 0.1) is 0 Å². The fraction of sp³-hybridized carbons (Fsp3) is 0.455. The van der Waals surface area contributed by atoms with Crippen LogP contribution in [0.25, 0.3) is 0 Å². The molecular formula is C11H16N2O2. The Morgan fingerprint density at radius 1 is 1.53 bits per heavy atom. The molecule has 0 aromatic carbocycles. The molecule has 1 N–H and O–H groups in total. The molecule has 0 aliphatic heterocycles. The fourth-order valence-corrected chi connectivity index (χ4v) is 1.36. The second-order valence-corrected chi connectivity index (χ2v) is 3.40. The van der Waals surface area contributed by atoms with Gasteiger partial charge in [-0.05, 0) is 18.9 Å². The van der Waals surface area contributed by atoms with Crippen LogP contribution in [-0.2, 0) is 24.2 Å². The van der Waals surface area contributed by atoms with Crippen LogP contribution >= 0.6 is 0 Å². The lowest BCUT2D eigenvalue weighted by Crippen LogP contribution is -2.11. The molecule has 0 atom stereocenters. The molecule has 15 heavy (non-hydrogen) atoms. The maximum absolute atomic E-state index is 10.6. The van der Waals surface area contributed by atoms with Gasteiger partial charge in [0.25, 0.3) is 0 Å². The smallest absolute Gasteiger partial charge is 0.332 e. The highest BCUT2D eigenvalue weighted by Gasteiger charge is 2.09. The van der Waals surface area contributed by atoms with Gasteiger partial charge in [0.15, 0.2) is 0 Å². The molecule has 1 heterocycles. The minimum absolute atomic E-state index is 0.162. The normalized spacial score (nSPS) is 10.3. The van der Waals surface area contributed by atoms with E-state index >= 15 is 0 Å². The first-order chi connectivity index (χ1) is 7.08. The second-order valence-electron chi connectivity index (χ2n) is 3.40. The number of carbonyl (C=O) groups is 1. The summed E-state index contributed by atoms with van der Waals surface area (Å²) in [4.78, 5) is 10.6. The predicted molar refractivity (Wildman–Crippen MR) is 57.8 cm³/mol. The van der Waals surface area contributed by atoms with Gasteiger partial charge in [-0.15, -0.1) is 0 Å². The lowest BCUT2D eigenvalue weighted by Gasteiger charge is -2.04. The monoisotopic (exact) mass is 208 g/mol. The maximum atomic E-state index is 10.6. The summed E-state index contributed by atoms with van der Waals surface area (Å²) in [7, 11) is 0. The number of aliphatic carboxylic acids is 1. The van der Waals surface area contributed by atoms with Gasteiger partial charge in [0.05, 0.1) is 17.8 Å². The van der Waals surface area contributed by atoms with E-state index in [4.69, 9.17) is 5.11 Å². The molecule has 1 aromatic heterocycles. The standard InChI is InChI=1S/C11H16N2O2/c1-4-9-6-10(5-2)13(12-9)7-8(3)11(14)15/h6H,3-5,7H2,1-2H3,(H,14,15). The van der Waals surface area contributed by atoms with E-state index in [1.807, 2.05) is 19.9 Å². The largest absolute Gasteiger partial charge is 0.478 e. The number of aryl methyl sites for hydroxylation is 2. The zero-order valence-corrected chi connectivity index (χ0v) is 9.16. The lowest BCUT2D eigenvalue weighted by atomic mass is 10.2. The SMILES string of the molecule is C=C(Cn1nc(CC)cc1CC)C(=O)O. The van der Waals surface area contributed by atoms with Crippen molar-refractivity contribution in [3.63, 3.8) is 0 Å². The third-order valence-corrected chi connectivity index (χ3v) is 2.28. The Balaban J connectivity index is 2.88. The molecule has 0 fully saturated rings. The molecule has 0 unspecified atom stereocenters. The first-order valence-corrected chi connectivity index (χ1v) is 5.05. The molecule has 0 aliphatic rings. The number of aromatic nitrogens is 2. The molecule has 0 bridgehead atoms. The summed E-state index contributed by atoms with van der Waals surface area (Å²) in [5.74, 6) is -0.967. The number of carboxylic acid groups (broad SMARTS) is 1. The summed E-state index contributed by atoms with van der Waals surface area (Å²) in [6.07, 6.45) is 1.71. The van der Waals surface area contributed by atoms with Gasteiger partial charge < -0.3 is 5.11 Å². The summed E-state index contributed by atoms with van der Waals surface area (Å²) in [6.45, 7) is 7.81. The van der Waals surface area contributed by atoms with Crippen molar-refractivity contribution in [1.82, 2.24) is 9.78 Å². The summed E-state index contributed by atoms with van der Waals surface area (Å²) in [6, 6.07) is 2.01. The van der Waals surface area contributed by atoms with Crippen molar-refractivity contribution in [3.8, 4) is 0 Å². The highest BCUT2D eigenvalue weighted by Crippen LogP contribution is 2.08. The average molecular weight is 208 g/mol. The van der Waals surface area contributed by atoms with Crippen molar-refractivity contribution in [1.29, 1.82) is 0 Å². The van der Waals surface area contributed by atoms with Crippen LogP contribution in [0.2, 0.25) is 0 Å². The molecule has 1 aromatic rings. The van der Waals surface area contributed by atoms with Gasteiger partial charge in [0.2, 0.25) is 0 Å². The van der Waals surface area contributed by atoms with Crippen molar-refractivity contribution in [2.75, 3.05) is 0 Å². The number of hydrogen-bond acceptors (Lipinski definition) is 2. The predicted octanol–water partition coefficient (Wildman–Crippen LogP) is 1.65. The van der Waals surface area contributed by atoms with Crippen LogP contribution in [0.5, 0.6) is 0 Å². The maximum Gasteiger partial charge on any atom is 0.332 e. The Kier molecular flexibility index (Phi) is 3.66. The number of hydrogen-bond donors (Lipinski definition) is 1. The molecule has 82 valence electrons. The van der Waals surface area contributed by atoms with E-state index in [0.29, 0.717) is 0 Å². The third kappa shape index (κ3) is 2.68. The Labute approximate surface area is 89.2 Å². The van der Waals surface area contributed by atoms with Gasteiger partial charge in [-0.25, -0.2) is 4.79 Å². The van der Waals surface area contributed by atoms with Crippen LogP contribution in [0.15, 0.2) is 18.2 Å². The highest BCUT2D eigenvalue weighted by atomic mass is 16.4. The zero-order chi connectivity index (χ0) is 11.4. The summed E-state index contributed by atoms with van der Waals surface area (Å²) in [5, 5.41) is 13.0. The molecule has 0 spiro atoms. The van der Waals surface area contributed by atoms with E-state index in [2.05, 4.69) is 11.7 Å². The first kappa shape index (κ1) is 11.5. The quantitative estimate of drug-likeness (QED) is 0.748. The Bertz CT molecular complexity index is 380. The van der Waals surface area contributed by atoms with Crippen molar-refractivity contribution in [2.24, 2.45) is 0 Å². The molecule has 0 saturated carbocycles. The van der Waals surface area contributed by atoms with Crippen LogP contribution in [0.4, 0.5) is 0 Å². The van der Waals surface area contributed by atoms with Gasteiger partial charge in [-0.2, -0.15) is 5.10 Å². The van der Waals surface area contributed by atoms with E-state index in [1.165, 1.54) is 0 Å². The molecule has 0 radical (unpaired) electrons. The fourth-order valence-electron chi connectivity index (χ4n) is 1.36. The first-order valence-electron chi connectivity index (χ1n) is 5.05. The second kappa shape index (κ2) is 4.77. The van der Waals surface area contributed by atoms with Crippen LogP contribution in [-0.4, -0.2) is 20.9 Å². The minimum Gasteiger partial charge on any atom is -0.478 e. The van der Waals surface area contributed by atoms with Crippen LogP contribution < -0.4 is 0 Å². The topological polar surface area (TPSA) is 55.1 Å². The molecular weight excluding hydrogens is 192 g/mol. The summed E-state index contributed by atoms with van der Waals surface area (Å²) < 4.78 is 1.72. The van der Waals surface area contributed by atoms with Crippen LogP contribution in [0.1, 0.15) is 25.2 Å². The highest BCUT2D eigenvalue weighted by molar-refractivity contribution is 5.85. The number of rotatable bonds is 5. The van der Waals surface area contributed by atoms with E-state index in [-0.39, 0.29) is 12.1 Å². The summed E-state index contributed by atoms with van der Waals surface area (Å²) >= 11 is 0. The Morgan fingerprint density at radius 2 is 2.20 bits per heavy atom. The van der Waals surface area contributed by atoms with Crippen molar-refractivity contribution >= 4 is 5.97 Å². The van der Waals surface area contributed by atoms with Crippen molar-refractivity contribution in [2.45, 2.75) is 33.2 Å². The van der Waals surface area contributed by atoms with Crippen molar-refractivity contribution < 1.29 is 9.90 Å². The van der Waals surface area contributed by atoms with Gasteiger partial charge in [0, 0.05) is 5.69 Å². The zero-order valence-electron chi connectivity index (χ0n) is 9.16. The third-order valence-electron chi connectivity index (χ3n) is 2.28. The Morgan fingerprint density at radius 3 is 2.67 bits per heavy atom. The molecule has 0 amide bonds. The minimum atomic E-state index is -0.967. The van der Waals surface area contributed by atoms with Crippen molar-refractivity contribution in [3.05, 3.63) is 29.6 Å². The molecule has 1 rings (SSSR count). The molecule has 0 aliphatic carbocycles. The van der Waals surface area contributed by atoms with Crippen LogP contribution in [0.3, 0.4) is 0 Å². The van der Waals surface area contributed by atoms with E-state index in [9.17, 15) is 4.79 Å². The summed E-state index contributed by atoms with van der Waals surface area (Å²) in [5.41, 5.74) is 2.20. The average Bonchev–Trinajstić information content (AvgIpc) is 2.60. The molecule has 4 heteroatoms. The van der Waals surface area contributed by atoms with Gasteiger partial charge >= 0.3 is 5.97 Å².